The Morgan fingerprint density at radius 2 is 1.19 bits per heavy atom. The standard InChI is InChI=1S/C8H8O2.C6H5Br.2C2H6/c1-10-8(9)7-5-3-2-4-6-7;7-6-4-2-1-3-5-6;2*1-2/h2-6H,1H3;1-5H;2*1-2H3. The van der Waals surface area contributed by atoms with Crippen molar-refractivity contribution in [1.29, 1.82) is 0 Å². The first kappa shape index (κ1) is 21.7. The van der Waals surface area contributed by atoms with E-state index in [4.69, 9.17) is 0 Å². The number of halogens is 1. The molecule has 2 aromatic carbocycles. The van der Waals surface area contributed by atoms with Gasteiger partial charge >= 0.3 is 5.97 Å². The Kier molecular flexibility index (Phi) is 17.0. The molecular formula is C18H25BrO2. The van der Waals surface area contributed by atoms with E-state index in [1.54, 1.807) is 24.3 Å². The summed E-state index contributed by atoms with van der Waals surface area (Å²) in [6.07, 6.45) is 0. The smallest absolute Gasteiger partial charge is 0.337 e. The monoisotopic (exact) mass is 352 g/mol. The van der Waals surface area contributed by atoms with E-state index in [-0.39, 0.29) is 5.97 Å². The largest absolute Gasteiger partial charge is 0.465 e. The Hall–Kier alpha value is -1.61. The maximum Gasteiger partial charge on any atom is 0.337 e. The van der Waals surface area contributed by atoms with Crippen LogP contribution in [0.25, 0.3) is 0 Å². The van der Waals surface area contributed by atoms with Crippen molar-refractivity contribution >= 4 is 21.9 Å². The van der Waals surface area contributed by atoms with Crippen LogP contribution in [0.2, 0.25) is 0 Å². The minimum Gasteiger partial charge on any atom is -0.465 e. The van der Waals surface area contributed by atoms with Gasteiger partial charge in [-0.2, -0.15) is 0 Å². The summed E-state index contributed by atoms with van der Waals surface area (Å²) < 4.78 is 5.63. The summed E-state index contributed by atoms with van der Waals surface area (Å²) in [6, 6.07) is 18.8. The van der Waals surface area contributed by atoms with Crippen molar-refractivity contribution in [2.75, 3.05) is 7.11 Å². The van der Waals surface area contributed by atoms with E-state index in [1.165, 1.54) is 7.11 Å². The number of benzene rings is 2. The van der Waals surface area contributed by atoms with Crippen LogP contribution in [-0.4, -0.2) is 13.1 Å². The van der Waals surface area contributed by atoms with Crippen LogP contribution in [0.5, 0.6) is 0 Å². The van der Waals surface area contributed by atoms with Crippen LogP contribution in [0, 0.1) is 0 Å². The second kappa shape index (κ2) is 16.4. The van der Waals surface area contributed by atoms with Crippen molar-refractivity contribution < 1.29 is 9.53 Å². The summed E-state index contributed by atoms with van der Waals surface area (Å²) in [5.41, 5.74) is 0.588. The van der Waals surface area contributed by atoms with Crippen LogP contribution >= 0.6 is 15.9 Å². The van der Waals surface area contributed by atoms with Crippen LogP contribution in [0.15, 0.2) is 65.1 Å². The number of esters is 1. The molecule has 2 nitrogen and oxygen atoms in total. The third kappa shape index (κ3) is 11.9. The SMILES string of the molecule is Brc1ccccc1.CC.CC.COC(=O)c1ccccc1. The van der Waals surface area contributed by atoms with Crippen molar-refractivity contribution in [2.24, 2.45) is 0 Å². The zero-order chi connectivity index (χ0) is 16.5. The fourth-order valence-corrected chi connectivity index (χ4v) is 1.41. The Balaban J connectivity index is 0. The summed E-state index contributed by atoms with van der Waals surface area (Å²) in [6.45, 7) is 8.00. The highest BCUT2D eigenvalue weighted by atomic mass is 79.9. The quantitative estimate of drug-likeness (QED) is 0.590. The highest BCUT2D eigenvalue weighted by Crippen LogP contribution is 2.05. The van der Waals surface area contributed by atoms with Crippen LogP contribution in [-0.2, 0) is 4.74 Å². The van der Waals surface area contributed by atoms with Crippen molar-refractivity contribution in [3.8, 4) is 0 Å². The van der Waals surface area contributed by atoms with Crippen molar-refractivity contribution in [3.05, 3.63) is 70.7 Å². The number of methoxy groups -OCH3 is 1. The zero-order valence-electron chi connectivity index (χ0n) is 13.5. The third-order valence-electron chi connectivity index (χ3n) is 1.93. The minimum absolute atomic E-state index is 0.291. The first-order chi connectivity index (χ1) is 10.2. The predicted molar refractivity (Wildman–Crippen MR) is 94.6 cm³/mol. The molecule has 0 spiro atoms. The molecule has 0 unspecified atom stereocenters. The van der Waals surface area contributed by atoms with E-state index in [9.17, 15) is 4.79 Å². The van der Waals surface area contributed by atoms with Crippen LogP contribution in [0.3, 0.4) is 0 Å². The number of hydrogen-bond donors (Lipinski definition) is 0. The van der Waals surface area contributed by atoms with E-state index in [1.807, 2.05) is 64.1 Å². The molecule has 0 heterocycles. The molecule has 0 saturated carbocycles. The molecule has 21 heavy (non-hydrogen) atoms. The molecule has 2 aromatic rings. The molecule has 0 aliphatic rings. The Labute approximate surface area is 137 Å². The van der Waals surface area contributed by atoms with Crippen molar-refractivity contribution in [2.45, 2.75) is 27.7 Å². The van der Waals surface area contributed by atoms with Gasteiger partial charge in [0.2, 0.25) is 0 Å². The van der Waals surface area contributed by atoms with Crippen LogP contribution < -0.4 is 0 Å². The fourth-order valence-electron chi connectivity index (χ4n) is 1.11. The van der Waals surface area contributed by atoms with Gasteiger partial charge in [0, 0.05) is 4.47 Å². The number of hydrogen-bond acceptors (Lipinski definition) is 2. The van der Waals surface area contributed by atoms with Gasteiger partial charge in [-0.25, -0.2) is 4.79 Å². The topological polar surface area (TPSA) is 26.3 Å². The lowest BCUT2D eigenvalue weighted by Gasteiger charge is -1.95. The molecule has 2 rings (SSSR count). The van der Waals surface area contributed by atoms with E-state index in [0.717, 1.165) is 4.47 Å². The molecule has 0 atom stereocenters. The molecular weight excluding hydrogens is 328 g/mol. The van der Waals surface area contributed by atoms with E-state index in [0.29, 0.717) is 5.56 Å². The molecule has 0 N–H and O–H groups in total. The first-order valence-corrected chi connectivity index (χ1v) is 7.87. The normalized spacial score (nSPS) is 7.71. The summed E-state index contributed by atoms with van der Waals surface area (Å²) in [5, 5.41) is 0. The van der Waals surface area contributed by atoms with Gasteiger partial charge < -0.3 is 4.74 Å². The molecule has 0 aliphatic heterocycles. The van der Waals surface area contributed by atoms with Gasteiger partial charge in [-0.1, -0.05) is 80.0 Å². The molecule has 0 bridgehead atoms. The average molecular weight is 353 g/mol. The summed E-state index contributed by atoms with van der Waals surface area (Å²) in [4.78, 5) is 10.8. The molecule has 0 saturated heterocycles. The molecule has 116 valence electrons. The Morgan fingerprint density at radius 3 is 1.48 bits per heavy atom. The Morgan fingerprint density at radius 1 is 0.810 bits per heavy atom. The van der Waals surface area contributed by atoms with Gasteiger partial charge in [0.05, 0.1) is 12.7 Å². The van der Waals surface area contributed by atoms with Crippen LogP contribution in [0.1, 0.15) is 38.1 Å². The molecule has 0 aromatic heterocycles. The highest BCUT2D eigenvalue weighted by molar-refractivity contribution is 9.10. The number of carbonyl (C=O) groups excluding carboxylic acids is 1. The molecule has 0 fully saturated rings. The molecule has 0 radical (unpaired) electrons. The van der Waals surface area contributed by atoms with E-state index >= 15 is 0 Å². The van der Waals surface area contributed by atoms with Crippen LogP contribution in [0.4, 0.5) is 0 Å². The summed E-state index contributed by atoms with van der Waals surface area (Å²) in [5.74, 6) is -0.291. The highest BCUT2D eigenvalue weighted by Gasteiger charge is 2.00. The summed E-state index contributed by atoms with van der Waals surface area (Å²) >= 11 is 3.31. The third-order valence-corrected chi connectivity index (χ3v) is 2.46. The average Bonchev–Trinajstić information content (AvgIpc) is 2.60. The van der Waals surface area contributed by atoms with Crippen molar-refractivity contribution in [1.82, 2.24) is 0 Å². The lowest BCUT2D eigenvalue weighted by Crippen LogP contribution is -1.99. The predicted octanol–water partition coefficient (Wildman–Crippen LogP) is 5.97. The number of ether oxygens (including phenoxy) is 1. The Bertz CT molecular complexity index is 441. The zero-order valence-corrected chi connectivity index (χ0v) is 15.1. The summed E-state index contributed by atoms with van der Waals surface area (Å²) in [7, 11) is 1.37. The molecule has 0 aliphatic carbocycles. The first-order valence-electron chi connectivity index (χ1n) is 7.08. The number of carbonyl (C=O) groups is 1. The van der Waals surface area contributed by atoms with Crippen molar-refractivity contribution in [3.63, 3.8) is 0 Å². The minimum atomic E-state index is -0.291. The lowest BCUT2D eigenvalue weighted by molar-refractivity contribution is 0.0600. The van der Waals surface area contributed by atoms with Gasteiger partial charge in [-0.05, 0) is 24.3 Å². The lowest BCUT2D eigenvalue weighted by atomic mass is 10.2. The second-order valence-corrected chi connectivity index (χ2v) is 4.07. The van der Waals surface area contributed by atoms with Gasteiger partial charge in [0.1, 0.15) is 0 Å². The van der Waals surface area contributed by atoms with E-state index in [2.05, 4.69) is 20.7 Å². The molecule has 0 amide bonds. The maximum absolute atomic E-state index is 10.8. The van der Waals surface area contributed by atoms with Gasteiger partial charge in [0.25, 0.3) is 0 Å². The number of rotatable bonds is 1. The van der Waals surface area contributed by atoms with Gasteiger partial charge in [-0.15, -0.1) is 0 Å². The van der Waals surface area contributed by atoms with E-state index < -0.39 is 0 Å². The molecule has 3 heteroatoms. The maximum atomic E-state index is 10.8. The van der Waals surface area contributed by atoms with Gasteiger partial charge in [0.15, 0.2) is 0 Å². The fraction of sp³-hybridized carbons (Fsp3) is 0.278. The second-order valence-electron chi connectivity index (χ2n) is 3.15. The van der Waals surface area contributed by atoms with Gasteiger partial charge in [-0.3, -0.25) is 0 Å².